The molecule has 0 bridgehead atoms. The second kappa shape index (κ2) is 9.14. The Hall–Kier alpha value is -3.72. The van der Waals surface area contributed by atoms with Crippen LogP contribution in [0.25, 0.3) is 16.9 Å². The van der Waals surface area contributed by atoms with Crippen LogP contribution in [0, 0.1) is 0 Å². The standard InChI is InChI=1S/C26H24F3N5O/c1-33-12-9-17(10-13-33)22-16-31-34-23(8-11-30-24(22)34)18-4-3-7-21(15-18)32-25(35)19-5-2-6-20(14-19)26(27,28)29/h2-8,11,14-17H,9-10,12-13H2,1H3,(H,32,35). The van der Waals surface area contributed by atoms with Gasteiger partial charge in [0.25, 0.3) is 5.91 Å². The molecule has 1 saturated heterocycles. The molecule has 35 heavy (non-hydrogen) atoms. The number of carbonyl (C=O) groups excluding carboxylic acids is 1. The van der Waals surface area contributed by atoms with Gasteiger partial charge in [-0.1, -0.05) is 18.2 Å². The first-order chi connectivity index (χ1) is 16.8. The van der Waals surface area contributed by atoms with E-state index in [-0.39, 0.29) is 5.56 Å². The van der Waals surface area contributed by atoms with E-state index in [0.29, 0.717) is 11.6 Å². The van der Waals surface area contributed by atoms with E-state index in [0.717, 1.165) is 60.5 Å². The summed E-state index contributed by atoms with van der Waals surface area (Å²) in [6.45, 7) is 2.07. The van der Waals surface area contributed by atoms with Crippen molar-refractivity contribution in [3.8, 4) is 11.3 Å². The van der Waals surface area contributed by atoms with Crippen molar-refractivity contribution >= 4 is 17.2 Å². The topological polar surface area (TPSA) is 62.5 Å². The Morgan fingerprint density at radius 2 is 1.83 bits per heavy atom. The van der Waals surface area contributed by atoms with Gasteiger partial charge in [-0.2, -0.15) is 18.3 Å². The van der Waals surface area contributed by atoms with Crippen molar-refractivity contribution in [2.45, 2.75) is 24.9 Å². The summed E-state index contributed by atoms with van der Waals surface area (Å²) in [5.74, 6) is -0.207. The third-order valence-corrected chi connectivity index (χ3v) is 6.46. The molecule has 0 saturated carbocycles. The summed E-state index contributed by atoms with van der Waals surface area (Å²) < 4.78 is 40.9. The van der Waals surface area contributed by atoms with Gasteiger partial charge >= 0.3 is 6.18 Å². The number of fused-ring (bicyclic) bond motifs is 1. The summed E-state index contributed by atoms with van der Waals surface area (Å²) >= 11 is 0. The number of rotatable bonds is 4. The van der Waals surface area contributed by atoms with Crippen LogP contribution in [-0.4, -0.2) is 45.5 Å². The summed E-state index contributed by atoms with van der Waals surface area (Å²) in [4.78, 5) is 19.6. The highest BCUT2D eigenvalue weighted by Crippen LogP contribution is 2.32. The van der Waals surface area contributed by atoms with E-state index in [1.54, 1.807) is 28.9 Å². The number of benzene rings is 2. The lowest BCUT2D eigenvalue weighted by atomic mass is 9.91. The molecule has 2 aromatic carbocycles. The van der Waals surface area contributed by atoms with Gasteiger partial charge in [0, 0.05) is 28.6 Å². The number of anilines is 1. The highest BCUT2D eigenvalue weighted by molar-refractivity contribution is 6.04. The number of aromatic nitrogens is 3. The van der Waals surface area contributed by atoms with Crippen LogP contribution in [0.1, 0.15) is 40.2 Å². The van der Waals surface area contributed by atoms with Crippen molar-refractivity contribution in [3.63, 3.8) is 0 Å². The molecular weight excluding hydrogens is 455 g/mol. The monoisotopic (exact) mass is 479 g/mol. The summed E-state index contributed by atoms with van der Waals surface area (Å²) in [7, 11) is 2.13. The molecule has 9 heteroatoms. The van der Waals surface area contributed by atoms with Crippen LogP contribution in [0.3, 0.4) is 0 Å². The second-order valence-electron chi connectivity index (χ2n) is 8.86. The molecule has 3 heterocycles. The maximum absolute atomic E-state index is 13.0. The molecule has 2 aromatic heterocycles. The number of nitrogens with zero attached hydrogens (tertiary/aromatic N) is 4. The quantitative estimate of drug-likeness (QED) is 0.421. The molecule has 0 atom stereocenters. The predicted molar refractivity (Wildman–Crippen MR) is 127 cm³/mol. The molecule has 5 rings (SSSR count). The van der Waals surface area contributed by atoms with Crippen molar-refractivity contribution in [3.05, 3.63) is 83.7 Å². The minimum absolute atomic E-state index is 0.0635. The van der Waals surface area contributed by atoms with Crippen LogP contribution in [0.15, 0.2) is 67.0 Å². The van der Waals surface area contributed by atoms with Gasteiger partial charge in [-0.3, -0.25) is 4.79 Å². The average Bonchev–Trinajstić information content (AvgIpc) is 3.28. The van der Waals surface area contributed by atoms with Crippen molar-refractivity contribution in [1.29, 1.82) is 0 Å². The Balaban J connectivity index is 1.41. The Morgan fingerprint density at radius 3 is 2.60 bits per heavy atom. The molecule has 1 aliphatic rings. The van der Waals surface area contributed by atoms with E-state index in [4.69, 9.17) is 0 Å². The summed E-state index contributed by atoms with van der Waals surface area (Å²) in [6.07, 6.45) is 1.24. The second-order valence-corrected chi connectivity index (χ2v) is 8.86. The van der Waals surface area contributed by atoms with E-state index >= 15 is 0 Å². The summed E-state index contributed by atoms with van der Waals surface area (Å²) in [5, 5.41) is 7.31. The number of piperidine rings is 1. The Labute approximate surface area is 200 Å². The van der Waals surface area contributed by atoms with E-state index in [9.17, 15) is 18.0 Å². The van der Waals surface area contributed by atoms with E-state index in [1.165, 1.54) is 12.1 Å². The van der Waals surface area contributed by atoms with Gasteiger partial charge in [0.1, 0.15) is 0 Å². The highest BCUT2D eigenvalue weighted by Gasteiger charge is 2.31. The molecule has 0 radical (unpaired) electrons. The van der Waals surface area contributed by atoms with Crippen LogP contribution in [-0.2, 0) is 6.18 Å². The maximum atomic E-state index is 13.0. The van der Waals surface area contributed by atoms with Crippen LogP contribution in [0.2, 0.25) is 0 Å². The minimum atomic E-state index is -4.51. The Morgan fingerprint density at radius 1 is 1.06 bits per heavy atom. The lowest BCUT2D eigenvalue weighted by molar-refractivity contribution is -0.137. The van der Waals surface area contributed by atoms with Crippen molar-refractivity contribution in [1.82, 2.24) is 19.5 Å². The van der Waals surface area contributed by atoms with E-state index in [1.807, 2.05) is 18.3 Å². The number of hydrogen-bond acceptors (Lipinski definition) is 4. The molecule has 0 unspecified atom stereocenters. The summed E-state index contributed by atoms with van der Waals surface area (Å²) in [6, 6.07) is 13.4. The van der Waals surface area contributed by atoms with Crippen LogP contribution < -0.4 is 5.32 Å². The number of hydrogen-bond donors (Lipinski definition) is 1. The zero-order valence-corrected chi connectivity index (χ0v) is 19.1. The Kier molecular flexibility index (Phi) is 6.02. The minimum Gasteiger partial charge on any atom is -0.322 e. The average molecular weight is 480 g/mol. The number of likely N-dealkylation sites (tertiary alicyclic amines) is 1. The zero-order chi connectivity index (χ0) is 24.6. The lowest BCUT2D eigenvalue weighted by Crippen LogP contribution is -2.29. The molecule has 0 spiro atoms. The van der Waals surface area contributed by atoms with Crippen LogP contribution >= 0.6 is 0 Å². The van der Waals surface area contributed by atoms with Crippen molar-refractivity contribution in [2.24, 2.45) is 0 Å². The fourth-order valence-corrected chi connectivity index (χ4v) is 4.53. The number of alkyl halides is 3. The molecule has 0 aliphatic carbocycles. The molecule has 180 valence electrons. The predicted octanol–water partition coefficient (Wildman–Crippen LogP) is 5.48. The van der Waals surface area contributed by atoms with Crippen molar-refractivity contribution in [2.75, 3.05) is 25.5 Å². The molecular formula is C26H24F3N5O. The Bertz CT molecular complexity index is 1370. The van der Waals surface area contributed by atoms with Gasteiger partial charge in [-0.05, 0) is 75.3 Å². The van der Waals surface area contributed by atoms with Gasteiger partial charge in [-0.25, -0.2) is 9.50 Å². The SMILES string of the molecule is CN1CCC(c2cnn3c(-c4cccc(NC(=O)c5cccc(C(F)(F)F)c5)c4)ccnc23)CC1. The zero-order valence-electron chi connectivity index (χ0n) is 19.1. The third kappa shape index (κ3) is 4.77. The summed E-state index contributed by atoms with van der Waals surface area (Å²) in [5.41, 5.74) is 3.10. The van der Waals surface area contributed by atoms with E-state index < -0.39 is 17.6 Å². The van der Waals surface area contributed by atoms with Gasteiger partial charge in [-0.15, -0.1) is 0 Å². The van der Waals surface area contributed by atoms with Crippen LogP contribution in [0.5, 0.6) is 0 Å². The molecule has 1 fully saturated rings. The van der Waals surface area contributed by atoms with Crippen LogP contribution in [0.4, 0.5) is 18.9 Å². The first kappa shape index (κ1) is 23.0. The van der Waals surface area contributed by atoms with Gasteiger partial charge in [0.15, 0.2) is 5.65 Å². The van der Waals surface area contributed by atoms with Gasteiger partial charge in [0.2, 0.25) is 0 Å². The number of halogens is 3. The lowest BCUT2D eigenvalue weighted by Gasteiger charge is -2.28. The normalized spacial score (nSPS) is 15.4. The maximum Gasteiger partial charge on any atom is 0.416 e. The third-order valence-electron chi connectivity index (χ3n) is 6.46. The molecule has 4 aromatic rings. The first-order valence-corrected chi connectivity index (χ1v) is 11.4. The van der Waals surface area contributed by atoms with Crippen molar-refractivity contribution < 1.29 is 18.0 Å². The molecule has 1 amide bonds. The smallest absolute Gasteiger partial charge is 0.322 e. The highest BCUT2D eigenvalue weighted by atomic mass is 19.4. The largest absolute Gasteiger partial charge is 0.416 e. The van der Waals surface area contributed by atoms with Gasteiger partial charge < -0.3 is 10.2 Å². The molecule has 1 aliphatic heterocycles. The van der Waals surface area contributed by atoms with E-state index in [2.05, 4.69) is 27.3 Å². The fourth-order valence-electron chi connectivity index (χ4n) is 4.53. The molecule has 6 nitrogen and oxygen atoms in total. The number of amides is 1. The van der Waals surface area contributed by atoms with Gasteiger partial charge in [0.05, 0.1) is 17.5 Å². The first-order valence-electron chi connectivity index (χ1n) is 11.4. The fraction of sp³-hybridized carbons (Fsp3) is 0.269. The molecule has 1 N–H and O–H groups in total. The number of nitrogens with one attached hydrogen (secondary N) is 1. The number of carbonyl (C=O) groups is 1.